The van der Waals surface area contributed by atoms with E-state index in [1.54, 1.807) is 0 Å². The monoisotopic (exact) mass is 250 g/mol. The highest BCUT2D eigenvalue weighted by Crippen LogP contribution is 2.37. The zero-order chi connectivity index (χ0) is 13.2. The van der Waals surface area contributed by atoms with E-state index in [2.05, 4.69) is 59.9 Å². The summed E-state index contributed by atoms with van der Waals surface area (Å²) < 4.78 is 0. The lowest BCUT2D eigenvalue weighted by atomic mass is 9.89. The molecule has 96 valence electrons. The van der Waals surface area contributed by atoms with Crippen molar-refractivity contribution in [1.29, 1.82) is 0 Å². The van der Waals surface area contributed by atoms with E-state index in [4.69, 9.17) is 0 Å². The third-order valence-electron chi connectivity index (χ3n) is 3.28. The molecule has 1 heteroatoms. The molecule has 0 aliphatic carbocycles. The van der Waals surface area contributed by atoms with Crippen LogP contribution in [-0.2, 0) is 0 Å². The van der Waals surface area contributed by atoms with Gasteiger partial charge in [0.2, 0.25) is 0 Å². The molecule has 0 saturated heterocycles. The summed E-state index contributed by atoms with van der Waals surface area (Å²) in [6.45, 7) is 13.7. The Morgan fingerprint density at radius 2 is 1.18 bits per heavy atom. The highest BCUT2D eigenvalue weighted by atomic mass is 32.2. The molecule has 0 amide bonds. The fraction of sp³-hybridized carbons (Fsp3) is 0.625. The molecule has 0 aromatic heterocycles. The van der Waals surface area contributed by atoms with Crippen molar-refractivity contribution in [3.05, 3.63) is 28.8 Å². The summed E-state index contributed by atoms with van der Waals surface area (Å²) in [5, 5.41) is 0. The second kappa shape index (κ2) is 5.95. The first-order chi connectivity index (χ1) is 7.88. The summed E-state index contributed by atoms with van der Waals surface area (Å²) in [6.07, 6.45) is 2.20. The van der Waals surface area contributed by atoms with Crippen LogP contribution in [0.5, 0.6) is 0 Å². The van der Waals surface area contributed by atoms with Gasteiger partial charge >= 0.3 is 0 Å². The van der Waals surface area contributed by atoms with Gasteiger partial charge in [0.05, 0.1) is 0 Å². The van der Waals surface area contributed by atoms with Gasteiger partial charge in [-0.1, -0.05) is 53.7 Å². The lowest BCUT2D eigenvalue weighted by molar-refractivity contribution is 0.772. The van der Waals surface area contributed by atoms with E-state index in [0.717, 1.165) is 0 Å². The van der Waals surface area contributed by atoms with Crippen LogP contribution in [0.4, 0.5) is 0 Å². The van der Waals surface area contributed by atoms with Crippen molar-refractivity contribution in [3.8, 4) is 0 Å². The molecule has 1 aromatic carbocycles. The third kappa shape index (κ3) is 3.28. The molecular formula is C16H26S. The van der Waals surface area contributed by atoms with Crippen LogP contribution >= 0.6 is 11.8 Å². The molecule has 0 saturated carbocycles. The normalized spacial score (nSPS) is 11.9. The van der Waals surface area contributed by atoms with Crippen LogP contribution in [0.15, 0.2) is 17.0 Å². The summed E-state index contributed by atoms with van der Waals surface area (Å²) in [5.41, 5.74) is 4.52. The van der Waals surface area contributed by atoms with Crippen molar-refractivity contribution in [1.82, 2.24) is 0 Å². The Bertz CT molecular complexity index is 346. The molecule has 0 N–H and O–H groups in total. The number of thioether (sulfide) groups is 1. The minimum Gasteiger partial charge on any atom is -0.129 e. The third-order valence-corrected chi connectivity index (χ3v) is 4.16. The van der Waals surface area contributed by atoms with Crippen molar-refractivity contribution >= 4 is 11.8 Å². The summed E-state index contributed by atoms with van der Waals surface area (Å²) in [6, 6.07) is 4.82. The quantitative estimate of drug-likeness (QED) is 0.610. The predicted octanol–water partition coefficient (Wildman–Crippen LogP) is 5.78. The zero-order valence-corrected chi connectivity index (χ0v) is 13.1. The smallest absolute Gasteiger partial charge is 0.0139 e. The molecule has 0 atom stereocenters. The van der Waals surface area contributed by atoms with Gasteiger partial charge in [-0.25, -0.2) is 0 Å². The van der Waals surface area contributed by atoms with Gasteiger partial charge in [0.25, 0.3) is 0 Å². The van der Waals surface area contributed by atoms with Crippen molar-refractivity contribution in [2.45, 2.75) is 64.2 Å². The van der Waals surface area contributed by atoms with Crippen LogP contribution in [0.25, 0.3) is 0 Å². The summed E-state index contributed by atoms with van der Waals surface area (Å²) >= 11 is 1.90. The van der Waals surface area contributed by atoms with E-state index in [1.807, 2.05) is 11.8 Å². The van der Waals surface area contributed by atoms with Crippen LogP contribution in [0.3, 0.4) is 0 Å². The van der Waals surface area contributed by atoms with Gasteiger partial charge in [0, 0.05) is 4.90 Å². The number of hydrogen-bond acceptors (Lipinski definition) is 1. The highest BCUT2D eigenvalue weighted by Gasteiger charge is 2.16. The first-order valence-electron chi connectivity index (χ1n) is 6.60. The van der Waals surface area contributed by atoms with Crippen LogP contribution in [0, 0.1) is 0 Å². The zero-order valence-electron chi connectivity index (χ0n) is 12.3. The number of hydrogen-bond donors (Lipinski definition) is 0. The maximum Gasteiger partial charge on any atom is 0.0139 e. The van der Waals surface area contributed by atoms with E-state index < -0.39 is 0 Å². The van der Waals surface area contributed by atoms with Gasteiger partial charge in [0.1, 0.15) is 0 Å². The molecule has 0 heterocycles. The van der Waals surface area contributed by atoms with E-state index >= 15 is 0 Å². The summed E-state index contributed by atoms with van der Waals surface area (Å²) in [5.74, 6) is 1.82. The number of rotatable bonds is 4. The average Bonchev–Trinajstić information content (AvgIpc) is 2.26. The van der Waals surface area contributed by atoms with Gasteiger partial charge in [-0.2, -0.15) is 0 Å². The lowest BCUT2D eigenvalue weighted by Gasteiger charge is -2.21. The molecule has 0 bridgehead atoms. The Hall–Kier alpha value is -0.430. The fourth-order valence-corrected chi connectivity index (χ4v) is 3.19. The summed E-state index contributed by atoms with van der Waals surface area (Å²) in [7, 11) is 0. The van der Waals surface area contributed by atoms with Gasteiger partial charge in [-0.15, -0.1) is 11.8 Å². The molecule has 1 aromatic rings. The topological polar surface area (TPSA) is 0 Å². The van der Waals surface area contributed by atoms with Crippen molar-refractivity contribution in [3.63, 3.8) is 0 Å². The van der Waals surface area contributed by atoms with Gasteiger partial charge in [-0.3, -0.25) is 0 Å². The SMILES string of the molecule is CSc1c(C(C)C)cc(C(C)C)cc1C(C)C. The van der Waals surface area contributed by atoms with E-state index in [-0.39, 0.29) is 0 Å². The minimum absolute atomic E-state index is 0.605. The van der Waals surface area contributed by atoms with E-state index in [0.29, 0.717) is 17.8 Å². The maximum absolute atomic E-state index is 2.41. The molecular weight excluding hydrogens is 224 g/mol. The van der Waals surface area contributed by atoms with E-state index in [9.17, 15) is 0 Å². The highest BCUT2D eigenvalue weighted by molar-refractivity contribution is 7.98. The Kier molecular flexibility index (Phi) is 5.12. The van der Waals surface area contributed by atoms with Gasteiger partial charge in [0.15, 0.2) is 0 Å². The molecule has 0 nitrogen and oxygen atoms in total. The second-order valence-electron chi connectivity index (χ2n) is 5.70. The molecule has 0 radical (unpaired) electrons. The Morgan fingerprint density at radius 3 is 1.41 bits per heavy atom. The fourth-order valence-electron chi connectivity index (χ4n) is 2.13. The molecule has 17 heavy (non-hydrogen) atoms. The minimum atomic E-state index is 0.605. The van der Waals surface area contributed by atoms with Gasteiger partial charge in [-0.05, 0) is 40.7 Å². The van der Waals surface area contributed by atoms with E-state index in [1.165, 1.54) is 21.6 Å². The average molecular weight is 250 g/mol. The molecule has 0 spiro atoms. The Morgan fingerprint density at radius 1 is 0.765 bits per heavy atom. The molecule has 0 unspecified atom stereocenters. The van der Waals surface area contributed by atoms with Crippen LogP contribution in [0.1, 0.15) is 76.0 Å². The standard InChI is InChI=1S/C16H26S/c1-10(2)13-8-14(11(3)4)16(17-7)15(9-13)12(5)6/h8-12H,1-7H3. The van der Waals surface area contributed by atoms with Gasteiger partial charge < -0.3 is 0 Å². The first-order valence-corrected chi connectivity index (χ1v) is 7.82. The van der Waals surface area contributed by atoms with Crippen LogP contribution in [0.2, 0.25) is 0 Å². The molecule has 0 aliphatic rings. The molecule has 0 aliphatic heterocycles. The Balaban J connectivity index is 3.46. The molecule has 0 fully saturated rings. The largest absolute Gasteiger partial charge is 0.129 e. The van der Waals surface area contributed by atoms with Crippen molar-refractivity contribution in [2.24, 2.45) is 0 Å². The number of benzene rings is 1. The van der Waals surface area contributed by atoms with Crippen LogP contribution < -0.4 is 0 Å². The Labute approximate surface area is 111 Å². The van der Waals surface area contributed by atoms with Crippen molar-refractivity contribution in [2.75, 3.05) is 6.26 Å². The molecule has 1 rings (SSSR count). The summed E-state index contributed by atoms with van der Waals surface area (Å²) in [4.78, 5) is 1.50. The van der Waals surface area contributed by atoms with Crippen LogP contribution in [-0.4, -0.2) is 6.26 Å². The lowest BCUT2D eigenvalue weighted by Crippen LogP contribution is -2.02. The maximum atomic E-state index is 2.41. The second-order valence-corrected chi connectivity index (χ2v) is 6.51. The first kappa shape index (κ1) is 14.6. The predicted molar refractivity (Wildman–Crippen MR) is 80.5 cm³/mol. The van der Waals surface area contributed by atoms with Crippen molar-refractivity contribution < 1.29 is 0 Å².